The number of rotatable bonds is 7. The largest absolute Gasteiger partial charge is 0.475 e. The molecule has 0 bridgehead atoms. The summed E-state index contributed by atoms with van der Waals surface area (Å²) in [7, 11) is 2.12. The second-order valence-electron chi connectivity index (χ2n) is 12.3. The third-order valence-corrected chi connectivity index (χ3v) is 9.78. The zero-order valence-electron chi connectivity index (χ0n) is 25.2. The molecule has 1 aromatic heterocycles. The Bertz CT molecular complexity index is 1470. The van der Waals surface area contributed by atoms with Gasteiger partial charge >= 0.3 is 0 Å². The molecule has 224 valence electrons. The van der Waals surface area contributed by atoms with E-state index in [-0.39, 0.29) is 18.4 Å². The number of likely N-dealkylation sites (N-methyl/N-ethyl adjacent to an activating group) is 1. The fourth-order valence-electron chi connectivity index (χ4n) is 7.46. The number of piperazine rings is 1. The van der Waals surface area contributed by atoms with Crippen LogP contribution < -0.4 is 14.5 Å². The summed E-state index contributed by atoms with van der Waals surface area (Å²) in [6, 6.07) is 11.4. The molecule has 0 N–H and O–H groups in total. The number of hydrogen-bond acceptors (Lipinski definition) is 8. The van der Waals surface area contributed by atoms with Crippen LogP contribution in [-0.2, 0) is 30.6 Å². The molecule has 0 radical (unpaired) electrons. The molecule has 2 fully saturated rings. The first-order valence-corrected chi connectivity index (χ1v) is 15.7. The zero-order valence-corrected chi connectivity index (χ0v) is 25.2. The third kappa shape index (κ3) is 5.67. The predicted molar refractivity (Wildman–Crippen MR) is 166 cm³/mol. The smallest absolute Gasteiger partial charge is 0.246 e. The minimum Gasteiger partial charge on any atom is -0.475 e. The second-order valence-corrected chi connectivity index (χ2v) is 12.3. The Morgan fingerprint density at radius 1 is 1.07 bits per heavy atom. The van der Waals surface area contributed by atoms with Crippen LogP contribution in [-0.4, -0.2) is 79.2 Å². The normalized spacial score (nSPS) is 21.9. The van der Waals surface area contributed by atoms with E-state index in [1.807, 2.05) is 0 Å². The summed E-state index contributed by atoms with van der Waals surface area (Å²) in [6.45, 7) is 8.19. The molecule has 4 heterocycles. The lowest BCUT2D eigenvalue weighted by Crippen LogP contribution is -2.55. The minimum atomic E-state index is -0.285. The molecule has 3 aliphatic heterocycles. The van der Waals surface area contributed by atoms with Crippen LogP contribution in [0, 0.1) is 22.7 Å². The van der Waals surface area contributed by atoms with Crippen molar-refractivity contribution in [3.05, 3.63) is 58.8 Å². The van der Waals surface area contributed by atoms with E-state index < -0.39 is 0 Å². The van der Waals surface area contributed by atoms with E-state index in [2.05, 4.69) is 58.7 Å². The number of nitriles is 2. The Labute approximate surface area is 254 Å². The molecule has 9 heteroatoms. The number of carbonyl (C=O) groups excluding carboxylic acids is 1. The van der Waals surface area contributed by atoms with Crippen LogP contribution in [0.1, 0.15) is 60.1 Å². The molecule has 6 rings (SSSR count). The summed E-state index contributed by atoms with van der Waals surface area (Å²) in [6.07, 6.45) is 9.22. The molecule has 1 aromatic carbocycles. The lowest BCUT2D eigenvalue weighted by atomic mass is 9.89. The average molecular weight is 580 g/mol. The first-order chi connectivity index (χ1) is 21.0. The number of pyridine rings is 1. The van der Waals surface area contributed by atoms with Gasteiger partial charge in [0.05, 0.1) is 36.5 Å². The molecule has 1 amide bonds. The fraction of sp³-hybridized carbons (Fsp3) is 0.529. The van der Waals surface area contributed by atoms with Crippen LogP contribution in [0.5, 0.6) is 5.88 Å². The van der Waals surface area contributed by atoms with Gasteiger partial charge in [0.1, 0.15) is 18.2 Å². The van der Waals surface area contributed by atoms with Crippen molar-refractivity contribution < 1.29 is 9.53 Å². The van der Waals surface area contributed by atoms with Crippen molar-refractivity contribution >= 4 is 17.3 Å². The van der Waals surface area contributed by atoms with E-state index in [1.54, 1.807) is 4.90 Å². The molecule has 0 spiro atoms. The highest BCUT2D eigenvalue weighted by Gasteiger charge is 2.35. The van der Waals surface area contributed by atoms with Crippen molar-refractivity contribution in [2.75, 3.05) is 56.2 Å². The number of nitrogens with zero attached hydrogens (tertiary/aromatic N) is 7. The minimum absolute atomic E-state index is 0.163. The Hall–Kier alpha value is -4.08. The Kier molecular flexibility index (Phi) is 8.54. The van der Waals surface area contributed by atoms with Crippen LogP contribution in [0.4, 0.5) is 11.4 Å². The molecule has 0 saturated carbocycles. The third-order valence-electron chi connectivity index (χ3n) is 9.78. The Morgan fingerprint density at radius 2 is 1.93 bits per heavy atom. The van der Waals surface area contributed by atoms with E-state index in [0.717, 1.165) is 62.1 Å². The van der Waals surface area contributed by atoms with Gasteiger partial charge in [0.2, 0.25) is 11.8 Å². The molecule has 4 aliphatic rings. The van der Waals surface area contributed by atoms with Gasteiger partial charge in [0, 0.05) is 43.5 Å². The topological polar surface area (TPSA) is 99.7 Å². The number of fused-ring (bicyclic) bond motifs is 2. The molecule has 43 heavy (non-hydrogen) atoms. The molecule has 2 aromatic rings. The van der Waals surface area contributed by atoms with E-state index in [0.29, 0.717) is 50.3 Å². The van der Waals surface area contributed by atoms with Crippen molar-refractivity contribution in [3.8, 4) is 18.0 Å². The van der Waals surface area contributed by atoms with Gasteiger partial charge in [-0.15, -0.1) is 0 Å². The molecule has 2 atom stereocenters. The summed E-state index contributed by atoms with van der Waals surface area (Å²) < 4.78 is 6.41. The molecule has 9 nitrogen and oxygen atoms in total. The van der Waals surface area contributed by atoms with Crippen LogP contribution in [0.2, 0.25) is 0 Å². The SMILES string of the molecule is C=CC(=O)N1CCN(c2c(C#N)c(OC[C@@H]3CCCN3C)nc3c2CCN(c2cccc4c2CCCC4)C3)C[C@@H]1CC#N. The average Bonchev–Trinajstić information content (AvgIpc) is 3.46. The highest BCUT2D eigenvalue weighted by molar-refractivity contribution is 5.87. The van der Waals surface area contributed by atoms with E-state index >= 15 is 0 Å². The quantitative estimate of drug-likeness (QED) is 0.454. The number of ether oxygens (including phenoxy) is 1. The van der Waals surface area contributed by atoms with E-state index in [9.17, 15) is 15.3 Å². The standard InChI is InChI=1S/C34H41N7O2/c1-3-32(42)41-19-18-40(21-25(41)13-15-35)33-28-14-17-39(31-12-6-9-24-8-4-5-11-27(24)31)22-30(28)37-34(29(33)20-36)43-23-26-10-7-16-38(26)2/h3,6,9,12,25-26H,1,4-5,7-8,10-11,13-14,16-19,21-23H2,2H3/t25-,26-/m0/s1. The van der Waals surface area contributed by atoms with Crippen molar-refractivity contribution in [2.45, 2.75) is 70.0 Å². The van der Waals surface area contributed by atoms with Gasteiger partial charge in [-0.25, -0.2) is 4.98 Å². The Balaban J connectivity index is 1.38. The van der Waals surface area contributed by atoms with Crippen molar-refractivity contribution in [1.82, 2.24) is 14.8 Å². The van der Waals surface area contributed by atoms with E-state index in [1.165, 1.54) is 35.7 Å². The van der Waals surface area contributed by atoms with Crippen molar-refractivity contribution in [3.63, 3.8) is 0 Å². The summed E-state index contributed by atoms with van der Waals surface area (Å²) in [5.41, 5.74) is 7.59. The van der Waals surface area contributed by atoms with Crippen LogP contribution >= 0.6 is 0 Å². The van der Waals surface area contributed by atoms with Crippen LogP contribution in [0.15, 0.2) is 30.9 Å². The number of benzene rings is 1. The van der Waals surface area contributed by atoms with Gasteiger partial charge in [0.15, 0.2) is 0 Å². The predicted octanol–water partition coefficient (Wildman–Crippen LogP) is 3.98. The number of anilines is 2. The van der Waals surface area contributed by atoms with Gasteiger partial charge < -0.3 is 24.3 Å². The van der Waals surface area contributed by atoms with E-state index in [4.69, 9.17) is 9.72 Å². The number of aromatic nitrogens is 1. The van der Waals surface area contributed by atoms with Gasteiger partial charge in [-0.3, -0.25) is 4.79 Å². The molecular weight excluding hydrogens is 538 g/mol. The Morgan fingerprint density at radius 3 is 2.70 bits per heavy atom. The monoisotopic (exact) mass is 579 g/mol. The number of likely N-dealkylation sites (tertiary alicyclic amines) is 1. The van der Waals surface area contributed by atoms with Crippen molar-refractivity contribution in [1.29, 1.82) is 10.5 Å². The van der Waals surface area contributed by atoms with Gasteiger partial charge in [0.25, 0.3) is 0 Å². The fourth-order valence-corrected chi connectivity index (χ4v) is 7.46. The maximum atomic E-state index is 12.6. The summed E-state index contributed by atoms with van der Waals surface area (Å²) in [5.74, 6) is 0.235. The van der Waals surface area contributed by atoms with Gasteiger partial charge in [-0.2, -0.15) is 10.5 Å². The number of carbonyl (C=O) groups is 1. The van der Waals surface area contributed by atoms with Gasteiger partial charge in [-0.1, -0.05) is 18.7 Å². The highest BCUT2D eigenvalue weighted by atomic mass is 16.5. The molecular formula is C34H41N7O2. The molecule has 2 saturated heterocycles. The molecule has 1 aliphatic carbocycles. The maximum Gasteiger partial charge on any atom is 0.246 e. The summed E-state index contributed by atoms with van der Waals surface area (Å²) in [5, 5.41) is 20.1. The number of aryl methyl sites for hydroxylation is 1. The number of hydrogen-bond donors (Lipinski definition) is 0. The second kappa shape index (κ2) is 12.7. The van der Waals surface area contributed by atoms with Gasteiger partial charge in [-0.05, 0) is 81.8 Å². The van der Waals surface area contributed by atoms with Crippen LogP contribution in [0.3, 0.4) is 0 Å². The first-order valence-electron chi connectivity index (χ1n) is 15.7. The lowest BCUT2D eigenvalue weighted by Gasteiger charge is -2.43. The van der Waals surface area contributed by atoms with Crippen molar-refractivity contribution in [2.24, 2.45) is 0 Å². The summed E-state index contributed by atoms with van der Waals surface area (Å²) in [4.78, 5) is 26.4. The zero-order chi connectivity index (χ0) is 29.9. The van der Waals surface area contributed by atoms with Crippen LogP contribution in [0.25, 0.3) is 0 Å². The first kappa shape index (κ1) is 29.0. The molecule has 0 unspecified atom stereocenters. The summed E-state index contributed by atoms with van der Waals surface area (Å²) >= 11 is 0. The number of amides is 1. The lowest BCUT2D eigenvalue weighted by molar-refractivity contribution is -0.128. The maximum absolute atomic E-state index is 12.6. The highest BCUT2D eigenvalue weighted by Crippen LogP contribution is 2.40.